The molecule has 4 heteroatoms. The summed E-state index contributed by atoms with van der Waals surface area (Å²) in [4.78, 5) is 23.0. The van der Waals surface area contributed by atoms with Crippen LogP contribution in [0.4, 0.5) is 0 Å². The van der Waals surface area contributed by atoms with Gasteiger partial charge in [-0.3, -0.25) is 9.59 Å². The second kappa shape index (κ2) is 5.14. The zero-order chi connectivity index (χ0) is 12.2. The number of carbonyl (C=O) groups excluding carboxylic acids is 2. The number of methoxy groups -OCH3 is 2. The highest BCUT2D eigenvalue weighted by molar-refractivity contribution is 5.80. The van der Waals surface area contributed by atoms with Crippen molar-refractivity contribution in [1.82, 2.24) is 0 Å². The van der Waals surface area contributed by atoms with Crippen molar-refractivity contribution in [2.75, 3.05) is 14.2 Å². The molecule has 0 atom stereocenters. The van der Waals surface area contributed by atoms with Crippen molar-refractivity contribution in [3.05, 3.63) is 12.7 Å². The third-order valence-electron chi connectivity index (χ3n) is 3.40. The van der Waals surface area contributed by atoms with Crippen molar-refractivity contribution in [3.8, 4) is 0 Å². The fourth-order valence-electron chi connectivity index (χ4n) is 2.23. The predicted octanol–water partition coefficient (Wildman–Crippen LogP) is 1.69. The van der Waals surface area contributed by atoms with Gasteiger partial charge in [-0.05, 0) is 25.7 Å². The quantitative estimate of drug-likeness (QED) is 0.543. The summed E-state index contributed by atoms with van der Waals surface area (Å²) in [5.74, 6) is -0.545. The van der Waals surface area contributed by atoms with Crippen LogP contribution in [0.3, 0.4) is 0 Å². The summed E-state index contributed by atoms with van der Waals surface area (Å²) < 4.78 is 9.48. The Balaban J connectivity index is 2.67. The van der Waals surface area contributed by atoms with Crippen LogP contribution >= 0.6 is 0 Å². The molecule has 1 rings (SSSR count). The molecule has 1 fully saturated rings. The molecule has 0 bridgehead atoms. The van der Waals surface area contributed by atoms with E-state index in [2.05, 4.69) is 6.58 Å². The largest absolute Gasteiger partial charge is 0.469 e. The standard InChI is InChI=1S/C12H18O4/c1-4-12(11(14)16-3)7-5-9(6-8-12)10(13)15-2/h4,9H,1,5-8H2,2-3H3. The number of rotatable bonds is 3. The maximum Gasteiger partial charge on any atom is 0.315 e. The second-order valence-corrected chi connectivity index (χ2v) is 4.15. The third-order valence-corrected chi connectivity index (χ3v) is 3.40. The molecule has 0 aromatic carbocycles. The highest BCUT2D eigenvalue weighted by atomic mass is 16.5. The zero-order valence-electron chi connectivity index (χ0n) is 9.82. The fraction of sp³-hybridized carbons (Fsp3) is 0.667. The molecule has 0 radical (unpaired) electrons. The van der Waals surface area contributed by atoms with Crippen molar-refractivity contribution < 1.29 is 19.1 Å². The smallest absolute Gasteiger partial charge is 0.315 e. The van der Waals surface area contributed by atoms with Gasteiger partial charge in [0.1, 0.15) is 0 Å². The van der Waals surface area contributed by atoms with Crippen LogP contribution in [0.1, 0.15) is 25.7 Å². The summed E-state index contributed by atoms with van der Waals surface area (Å²) in [6, 6.07) is 0. The SMILES string of the molecule is C=CC1(C(=O)OC)CCC(C(=O)OC)CC1. The highest BCUT2D eigenvalue weighted by Gasteiger charge is 2.42. The van der Waals surface area contributed by atoms with E-state index >= 15 is 0 Å². The van der Waals surface area contributed by atoms with Crippen LogP contribution in [0.25, 0.3) is 0 Å². The van der Waals surface area contributed by atoms with Crippen LogP contribution in [0, 0.1) is 11.3 Å². The molecule has 90 valence electrons. The number of esters is 2. The van der Waals surface area contributed by atoms with Gasteiger partial charge in [0, 0.05) is 0 Å². The maximum absolute atomic E-state index is 11.7. The molecule has 0 saturated heterocycles. The average molecular weight is 226 g/mol. The Bertz CT molecular complexity index is 287. The molecule has 0 aliphatic heterocycles. The van der Waals surface area contributed by atoms with Gasteiger partial charge >= 0.3 is 11.9 Å². The molecule has 0 spiro atoms. The van der Waals surface area contributed by atoms with Gasteiger partial charge in [0.25, 0.3) is 0 Å². The minimum atomic E-state index is -0.612. The first kappa shape index (κ1) is 12.7. The second-order valence-electron chi connectivity index (χ2n) is 4.15. The molecule has 16 heavy (non-hydrogen) atoms. The Morgan fingerprint density at radius 2 is 1.81 bits per heavy atom. The normalized spacial score (nSPS) is 29.2. The van der Waals surface area contributed by atoms with Crippen LogP contribution in [-0.4, -0.2) is 26.2 Å². The average Bonchev–Trinajstić information content (AvgIpc) is 2.36. The molecule has 1 aliphatic rings. The molecule has 0 heterocycles. The Kier molecular flexibility index (Phi) is 4.10. The van der Waals surface area contributed by atoms with E-state index in [1.807, 2.05) is 0 Å². The molecule has 0 N–H and O–H groups in total. The minimum Gasteiger partial charge on any atom is -0.469 e. The summed E-state index contributed by atoms with van der Waals surface area (Å²) in [5.41, 5.74) is -0.612. The molecule has 0 amide bonds. The molecule has 0 unspecified atom stereocenters. The van der Waals surface area contributed by atoms with Crippen LogP contribution < -0.4 is 0 Å². The number of hydrogen-bond donors (Lipinski definition) is 0. The lowest BCUT2D eigenvalue weighted by Gasteiger charge is -2.34. The first-order valence-corrected chi connectivity index (χ1v) is 5.39. The zero-order valence-corrected chi connectivity index (χ0v) is 9.82. The molecule has 4 nitrogen and oxygen atoms in total. The van der Waals surface area contributed by atoms with E-state index < -0.39 is 5.41 Å². The Morgan fingerprint density at radius 1 is 1.25 bits per heavy atom. The van der Waals surface area contributed by atoms with Gasteiger partial charge in [-0.1, -0.05) is 6.08 Å². The van der Waals surface area contributed by atoms with E-state index in [0.29, 0.717) is 25.7 Å². The van der Waals surface area contributed by atoms with E-state index in [1.165, 1.54) is 14.2 Å². The molecular weight excluding hydrogens is 208 g/mol. The first-order valence-electron chi connectivity index (χ1n) is 5.39. The van der Waals surface area contributed by atoms with Crippen molar-refractivity contribution in [2.24, 2.45) is 11.3 Å². The molecule has 0 aromatic heterocycles. The molecule has 1 aliphatic carbocycles. The highest BCUT2D eigenvalue weighted by Crippen LogP contribution is 2.41. The van der Waals surface area contributed by atoms with Crippen LogP contribution in [-0.2, 0) is 19.1 Å². The Hall–Kier alpha value is -1.32. The minimum absolute atomic E-state index is 0.0947. The van der Waals surface area contributed by atoms with Gasteiger partial charge in [-0.15, -0.1) is 6.58 Å². The van der Waals surface area contributed by atoms with E-state index in [-0.39, 0.29) is 17.9 Å². The predicted molar refractivity (Wildman–Crippen MR) is 58.6 cm³/mol. The van der Waals surface area contributed by atoms with E-state index in [4.69, 9.17) is 9.47 Å². The van der Waals surface area contributed by atoms with Crippen molar-refractivity contribution in [2.45, 2.75) is 25.7 Å². The van der Waals surface area contributed by atoms with Crippen molar-refractivity contribution >= 4 is 11.9 Å². The lowest BCUT2D eigenvalue weighted by molar-refractivity contribution is -0.156. The fourth-order valence-corrected chi connectivity index (χ4v) is 2.23. The van der Waals surface area contributed by atoms with Crippen LogP contribution in [0.5, 0.6) is 0 Å². The van der Waals surface area contributed by atoms with Gasteiger partial charge in [-0.25, -0.2) is 0 Å². The van der Waals surface area contributed by atoms with Gasteiger partial charge in [0.05, 0.1) is 25.6 Å². The van der Waals surface area contributed by atoms with Gasteiger partial charge in [0.2, 0.25) is 0 Å². The lowest BCUT2D eigenvalue weighted by Crippen LogP contribution is -2.36. The monoisotopic (exact) mass is 226 g/mol. The first-order chi connectivity index (χ1) is 7.59. The summed E-state index contributed by atoms with van der Waals surface area (Å²) >= 11 is 0. The van der Waals surface area contributed by atoms with E-state index in [0.717, 1.165) is 0 Å². The third kappa shape index (κ3) is 2.26. The summed E-state index contributed by atoms with van der Waals surface area (Å²) in [6.45, 7) is 3.70. The number of carbonyl (C=O) groups is 2. The van der Waals surface area contributed by atoms with E-state index in [1.54, 1.807) is 6.08 Å². The number of hydrogen-bond acceptors (Lipinski definition) is 4. The molecule has 1 saturated carbocycles. The van der Waals surface area contributed by atoms with Gasteiger partial charge in [-0.2, -0.15) is 0 Å². The van der Waals surface area contributed by atoms with Crippen molar-refractivity contribution in [3.63, 3.8) is 0 Å². The van der Waals surface area contributed by atoms with E-state index in [9.17, 15) is 9.59 Å². The molecular formula is C12H18O4. The Morgan fingerprint density at radius 3 is 2.19 bits per heavy atom. The molecule has 0 aromatic rings. The van der Waals surface area contributed by atoms with Crippen LogP contribution in [0.2, 0.25) is 0 Å². The summed E-state index contributed by atoms with van der Waals surface area (Å²) in [7, 11) is 2.76. The van der Waals surface area contributed by atoms with Crippen LogP contribution in [0.15, 0.2) is 12.7 Å². The van der Waals surface area contributed by atoms with Gasteiger partial charge < -0.3 is 9.47 Å². The summed E-state index contributed by atoms with van der Waals surface area (Å²) in [6.07, 6.45) is 4.14. The lowest BCUT2D eigenvalue weighted by atomic mass is 9.70. The Labute approximate surface area is 95.6 Å². The van der Waals surface area contributed by atoms with Crippen molar-refractivity contribution in [1.29, 1.82) is 0 Å². The maximum atomic E-state index is 11.7. The summed E-state index contributed by atoms with van der Waals surface area (Å²) in [5, 5.41) is 0. The topological polar surface area (TPSA) is 52.6 Å². The van der Waals surface area contributed by atoms with Gasteiger partial charge in [0.15, 0.2) is 0 Å². The number of ether oxygens (including phenoxy) is 2.